The lowest BCUT2D eigenvalue weighted by molar-refractivity contribution is 0.599. The zero-order valence-electron chi connectivity index (χ0n) is 6.67. The standard InChI is InChI=1S/C8H8Br4/c1-4-7(11)5(9)3-6(10)8(4,2)12/h3-4H,1-2H3/t4-,8-/m0/s1. The van der Waals surface area contributed by atoms with Crippen molar-refractivity contribution < 1.29 is 0 Å². The molecule has 0 fully saturated rings. The molecule has 0 aliphatic heterocycles. The van der Waals surface area contributed by atoms with E-state index in [9.17, 15) is 0 Å². The van der Waals surface area contributed by atoms with Crippen LogP contribution >= 0.6 is 63.7 Å². The van der Waals surface area contributed by atoms with Crippen LogP contribution < -0.4 is 0 Å². The molecule has 1 aliphatic carbocycles. The van der Waals surface area contributed by atoms with Gasteiger partial charge in [-0.3, -0.25) is 0 Å². The van der Waals surface area contributed by atoms with Crippen molar-refractivity contribution in [2.45, 2.75) is 18.2 Å². The average Bonchev–Trinajstić information content (AvgIpc) is 1.99. The van der Waals surface area contributed by atoms with Crippen molar-refractivity contribution in [1.82, 2.24) is 0 Å². The number of allylic oxidation sites excluding steroid dienone is 4. The first-order valence-electron chi connectivity index (χ1n) is 3.49. The van der Waals surface area contributed by atoms with Crippen LogP contribution in [0.2, 0.25) is 0 Å². The van der Waals surface area contributed by atoms with Gasteiger partial charge >= 0.3 is 0 Å². The van der Waals surface area contributed by atoms with Crippen LogP contribution in [0, 0.1) is 5.92 Å². The van der Waals surface area contributed by atoms with Gasteiger partial charge in [0.2, 0.25) is 0 Å². The first kappa shape index (κ1) is 11.5. The fraction of sp³-hybridized carbons (Fsp3) is 0.500. The lowest BCUT2D eigenvalue weighted by atomic mass is 9.91. The summed E-state index contributed by atoms with van der Waals surface area (Å²) in [5.74, 6) is 0.422. The van der Waals surface area contributed by atoms with E-state index in [1.54, 1.807) is 0 Å². The number of halogens is 4. The molecule has 4 heteroatoms. The van der Waals surface area contributed by atoms with Gasteiger partial charge in [0.1, 0.15) is 0 Å². The molecule has 0 radical (unpaired) electrons. The van der Waals surface area contributed by atoms with Crippen LogP contribution in [0.1, 0.15) is 13.8 Å². The van der Waals surface area contributed by atoms with Gasteiger partial charge in [-0.05, 0) is 28.9 Å². The smallest absolute Gasteiger partial charge is 0.0614 e. The molecular weight excluding hydrogens is 416 g/mol. The minimum atomic E-state index is 0.00308. The molecule has 0 saturated carbocycles. The molecule has 0 aromatic heterocycles. The number of alkyl halides is 1. The summed E-state index contributed by atoms with van der Waals surface area (Å²) in [7, 11) is 0. The topological polar surface area (TPSA) is 0 Å². The minimum Gasteiger partial charge on any atom is -0.0792 e. The summed E-state index contributed by atoms with van der Waals surface area (Å²) >= 11 is 14.3. The van der Waals surface area contributed by atoms with E-state index in [2.05, 4.69) is 83.6 Å². The van der Waals surface area contributed by atoms with E-state index in [0.29, 0.717) is 5.92 Å². The number of rotatable bonds is 0. The molecular formula is C8H8Br4. The first-order valence-corrected chi connectivity index (χ1v) is 6.66. The highest BCUT2D eigenvalue weighted by molar-refractivity contribution is 9.15. The molecule has 0 saturated heterocycles. The maximum atomic E-state index is 3.69. The van der Waals surface area contributed by atoms with E-state index < -0.39 is 0 Å². The molecule has 2 atom stereocenters. The highest BCUT2D eigenvalue weighted by Crippen LogP contribution is 2.49. The Morgan fingerprint density at radius 1 is 1.33 bits per heavy atom. The second kappa shape index (κ2) is 3.87. The zero-order valence-corrected chi connectivity index (χ0v) is 13.0. The molecule has 0 spiro atoms. The highest BCUT2D eigenvalue weighted by Gasteiger charge is 2.36. The Bertz CT molecular complexity index is 262. The molecule has 0 amide bonds. The summed E-state index contributed by atoms with van der Waals surface area (Å²) in [5.41, 5.74) is 0. The number of hydrogen-bond acceptors (Lipinski definition) is 0. The predicted molar refractivity (Wildman–Crippen MR) is 68.4 cm³/mol. The van der Waals surface area contributed by atoms with Crippen molar-refractivity contribution in [2.24, 2.45) is 5.92 Å². The molecule has 0 aromatic rings. The van der Waals surface area contributed by atoms with E-state index in [0.717, 1.165) is 8.96 Å². The van der Waals surface area contributed by atoms with Gasteiger partial charge in [0.25, 0.3) is 0 Å². The fourth-order valence-electron chi connectivity index (χ4n) is 0.973. The molecule has 1 rings (SSSR count). The summed E-state index contributed by atoms with van der Waals surface area (Å²) in [6.45, 7) is 4.33. The van der Waals surface area contributed by atoms with E-state index >= 15 is 0 Å². The maximum absolute atomic E-state index is 3.69. The van der Waals surface area contributed by atoms with E-state index in [-0.39, 0.29) is 4.32 Å². The van der Waals surface area contributed by atoms with Crippen molar-refractivity contribution in [3.05, 3.63) is 19.5 Å². The van der Waals surface area contributed by atoms with Crippen LogP contribution in [0.5, 0.6) is 0 Å². The summed E-state index contributed by atoms with van der Waals surface area (Å²) in [5, 5.41) is 0. The van der Waals surface area contributed by atoms with Crippen molar-refractivity contribution in [3.63, 3.8) is 0 Å². The third-order valence-corrected chi connectivity index (χ3v) is 7.14. The van der Waals surface area contributed by atoms with Crippen LogP contribution in [0.4, 0.5) is 0 Å². The molecule has 0 unspecified atom stereocenters. The minimum absolute atomic E-state index is 0.00308. The molecule has 0 nitrogen and oxygen atoms in total. The Kier molecular flexibility index (Phi) is 3.70. The highest BCUT2D eigenvalue weighted by atomic mass is 79.9. The van der Waals surface area contributed by atoms with Gasteiger partial charge < -0.3 is 0 Å². The van der Waals surface area contributed by atoms with Gasteiger partial charge in [0, 0.05) is 19.4 Å². The van der Waals surface area contributed by atoms with Crippen molar-refractivity contribution >= 4 is 63.7 Å². The van der Waals surface area contributed by atoms with Crippen molar-refractivity contribution in [2.75, 3.05) is 0 Å². The molecule has 0 heterocycles. The Balaban J connectivity index is 3.16. The van der Waals surface area contributed by atoms with Gasteiger partial charge in [-0.1, -0.05) is 54.7 Å². The van der Waals surface area contributed by atoms with E-state index in [1.807, 2.05) is 0 Å². The van der Waals surface area contributed by atoms with Gasteiger partial charge in [-0.2, -0.15) is 0 Å². The molecule has 68 valence electrons. The summed E-state index contributed by atoms with van der Waals surface area (Å²) in [4.78, 5) is 0. The van der Waals surface area contributed by atoms with Gasteiger partial charge in [-0.25, -0.2) is 0 Å². The third-order valence-electron chi connectivity index (χ3n) is 2.14. The average molecular weight is 424 g/mol. The maximum Gasteiger partial charge on any atom is 0.0614 e. The summed E-state index contributed by atoms with van der Waals surface area (Å²) in [6, 6.07) is 0. The van der Waals surface area contributed by atoms with E-state index in [1.165, 1.54) is 4.48 Å². The second-order valence-electron chi connectivity index (χ2n) is 2.99. The Morgan fingerprint density at radius 2 is 1.83 bits per heavy atom. The lowest BCUT2D eigenvalue weighted by Crippen LogP contribution is -2.28. The summed E-state index contributed by atoms with van der Waals surface area (Å²) < 4.78 is 3.48. The molecule has 0 bridgehead atoms. The summed E-state index contributed by atoms with van der Waals surface area (Å²) in [6.07, 6.45) is 2.07. The van der Waals surface area contributed by atoms with Crippen molar-refractivity contribution in [3.8, 4) is 0 Å². The SMILES string of the molecule is C[C@H]1C(Br)=C(Br)C=C(Br)[C@@]1(C)Br. The Labute approximate surface area is 106 Å². The normalized spacial score (nSPS) is 36.8. The molecule has 12 heavy (non-hydrogen) atoms. The molecule has 1 aliphatic rings. The van der Waals surface area contributed by atoms with Crippen LogP contribution in [-0.4, -0.2) is 4.32 Å². The van der Waals surface area contributed by atoms with Crippen LogP contribution in [-0.2, 0) is 0 Å². The third kappa shape index (κ3) is 1.91. The number of hydrogen-bond donors (Lipinski definition) is 0. The monoisotopic (exact) mass is 420 g/mol. The zero-order chi connectivity index (χ0) is 9.52. The second-order valence-corrected chi connectivity index (χ2v) is 7.20. The van der Waals surface area contributed by atoms with Crippen molar-refractivity contribution in [1.29, 1.82) is 0 Å². The largest absolute Gasteiger partial charge is 0.0792 e. The first-order chi connectivity index (χ1) is 5.37. The quantitative estimate of drug-likeness (QED) is 0.477. The van der Waals surface area contributed by atoms with Gasteiger partial charge in [0.15, 0.2) is 0 Å². The Morgan fingerprint density at radius 3 is 2.33 bits per heavy atom. The molecule has 0 aromatic carbocycles. The molecule has 0 N–H and O–H groups in total. The fourth-order valence-corrected chi connectivity index (χ4v) is 3.65. The van der Waals surface area contributed by atoms with Crippen LogP contribution in [0.15, 0.2) is 19.5 Å². The van der Waals surface area contributed by atoms with Crippen LogP contribution in [0.3, 0.4) is 0 Å². The predicted octanol–water partition coefficient (Wildman–Crippen LogP) is 5.07. The van der Waals surface area contributed by atoms with E-state index in [4.69, 9.17) is 0 Å². The van der Waals surface area contributed by atoms with Gasteiger partial charge in [0.05, 0.1) is 4.32 Å². The lowest BCUT2D eigenvalue weighted by Gasteiger charge is -2.33. The Hall–Kier alpha value is 1.40. The van der Waals surface area contributed by atoms with Crippen LogP contribution in [0.25, 0.3) is 0 Å². The van der Waals surface area contributed by atoms with Gasteiger partial charge in [-0.15, -0.1) is 0 Å².